The number of hydrogen-bond acceptors (Lipinski definition) is 5. The molecule has 0 unspecified atom stereocenters. The average molecular weight is 263 g/mol. The molecule has 0 aliphatic carbocycles. The molecule has 1 heterocycles. The molecule has 2 rings (SSSR count). The summed E-state index contributed by atoms with van der Waals surface area (Å²) in [6.07, 6.45) is 1.27. The maximum absolute atomic E-state index is 12.1. The second kappa shape index (κ2) is 5.01. The van der Waals surface area contributed by atoms with Crippen molar-refractivity contribution >= 4 is 11.8 Å². The molecule has 6 heteroatoms. The fourth-order valence-electron chi connectivity index (χ4n) is 1.66. The number of carboxylic acid groups (broad SMARTS) is 1. The highest BCUT2D eigenvalue weighted by atomic mass is 16.7. The van der Waals surface area contributed by atoms with Gasteiger partial charge in [0.15, 0.2) is 11.5 Å². The summed E-state index contributed by atoms with van der Waals surface area (Å²) in [7, 11) is 3.30. The molecule has 19 heavy (non-hydrogen) atoms. The lowest BCUT2D eigenvalue weighted by Gasteiger charge is -2.08. The third-order valence-electron chi connectivity index (χ3n) is 2.50. The molecule has 1 aliphatic heterocycles. The van der Waals surface area contributed by atoms with Crippen LogP contribution in [0.3, 0.4) is 0 Å². The molecule has 0 bridgehead atoms. The smallest absolute Gasteiger partial charge is 0.341 e. The SMILES string of the molecule is CN(C)/C=C(\C(=O)O)C(=O)c1ccc2c(c1)OCO2. The van der Waals surface area contributed by atoms with Gasteiger partial charge in [0.2, 0.25) is 12.6 Å². The largest absolute Gasteiger partial charge is 0.477 e. The monoisotopic (exact) mass is 263 g/mol. The summed E-state index contributed by atoms with van der Waals surface area (Å²) >= 11 is 0. The summed E-state index contributed by atoms with van der Waals surface area (Å²) in [5, 5.41) is 9.08. The van der Waals surface area contributed by atoms with E-state index in [2.05, 4.69) is 0 Å². The predicted molar refractivity (Wildman–Crippen MR) is 66.3 cm³/mol. The van der Waals surface area contributed by atoms with Crippen LogP contribution in [0, 0.1) is 0 Å². The second-order valence-electron chi connectivity index (χ2n) is 4.21. The Hall–Kier alpha value is -2.50. The number of benzene rings is 1. The van der Waals surface area contributed by atoms with Gasteiger partial charge in [-0.15, -0.1) is 0 Å². The Balaban J connectivity index is 2.35. The standard InChI is InChI=1S/C13H13NO5/c1-14(2)6-9(13(16)17)12(15)8-3-4-10-11(5-8)19-7-18-10/h3-6H,7H2,1-2H3,(H,16,17)/b9-6-. The molecule has 0 saturated heterocycles. The van der Waals surface area contributed by atoms with Gasteiger partial charge in [-0.25, -0.2) is 4.79 Å². The van der Waals surface area contributed by atoms with Gasteiger partial charge < -0.3 is 19.5 Å². The van der Waals surface area contributed by atoms with Gasteiger partial charge in [0.05, 0.1) is 0 Å². The summed E-state index contributed by atoms with van der Waals surface area (Å²) in [6.45, 7) is 0.103. The van der Waals surface area contributed by atoms with E-state index in [1.807, 2.05) is 0 Å². The number of fused-ring (bicyclic) bond motifs is 1. The van der Waals surface area contributed by atoms with Gasteiger partial charge in [-0.3, -0.25) is 4.79 Å². The van der Waals surface area contributed by atoms with E-state index in [1.54, 1.807) is 20.2 Å². The molecule has 1 N–H and O–H groups in total. The molecule has 6 nitrogen and oxygen atoms in total. The van der Waals surface area contributed by atoms with Crippen LogP contribution in [0.5, 0.6) is 11.5 Å². The zero-order valence-electron chi connectivity index (χ0n) is 10.5. The number of aliphatic carboxylic acids is 1. The van der Waals surface area contributed by atoms with Gasteiger partial charge in [0.25, 0.3) is 0 Å². The van der Waals surface area contributed by atoms with Crippen molar-refractivity contribution in [3.05, 3.63) is 35.5 Å². The lowest BCUT2D eigenvalue weighted by molar-refractivity contribution is -0.132. The van der Waals surface area contributed by atoms with Crippen LogP contribution in [0.25, 0.3) is 0 Å². The first-order valence-electron chi connectivity index (χ1n) is 5.55. The van der Waals surface area contributed by atoms with E-state index in [9.17, 15) is 9.59 Å². The van der Waals surface area contributed by atoms with Gasteiger partial charge >= 0.3 is 5.97 Å². The first-order chi connectivity index (χ1) is 8.99. The van der Waals surface area contributed by atoms with Crippen molar-refractivity contribution in [3.63, 3.8) is 0 Å². The molecule has 1 aliphatic rings. The molecule has 0 saturated carbocycles. The zero-order valence-corrected chi connectivity index (χ0v) is 10.5. The molecule has 1 aromatic rings. The minimum absolute atomic E-state index is 0.103. The van der Waals surface area contributed by atoms with Gasteiger partial charge in [-0.2, -0.15) is 0 Å². The van der Waals surface area contributed by atoms with Crippen molar-refractivity contribution in [2.75, 3.05) is 20.9 Å². The fourth-order valence-corrected chi connectivity index (χ4v) is 1.66. The predicted octanol–water partition coefficient (Wildman–Crippen LogP) is 1.13. The highest BCUT2D eigenvalue weighted by Crippen LogP contribution is 2.33. The van der Waals surface area contributed by atoms with E-state index in [0.29, 0.717) is 11.5 Å². The Morgan fingerprint density at radius 3 is 2.58 bits per heavy atom. The third-order valence-corrected chi connectivity index (χ3v) is 2.50. The number of ketones is 1. The van der Waals surface area contributed by atoms with Crippen molar-refractivity contribution in [3.8, 4) is 11.5 Å². The van der Waals surface area contributed by atoms with Crippen LogP contribution in [0.2, 0.25) is 0 Å². The van der Waals surface area contributed by atoms with Crippen LogP contribution in [-0.4, -0.2) is 42.6 Å². The summed E-state index contributed by atoms with van der Waals surface area (Å²) in [4.78, 5) is 24.8. The van der Waals surface area contributed by atoms with E-state index in [-0.39, 0.29) is 17.9 Å². The zero-order chi connectivity index (χ0) is 14.0. The minimum atomic E-state index is -1.27. The molecule has 0 amide bonds. The van der Waals surface area contributed by atoms with Crippen molar-refractivity contribution in [2.45, 2.75) is 0 Å². The maximum atomic E-state index is 12.1. The van der Waals surface area contributed by atoms with Gasteiger partial charge in [0, 0.05) is 25.9 Å². The molecule has 0 atom stereocenters. The van der Waals surface area contributed by atoms with E-state index < -0.39 is 11.8 Å². The van der Waals surface area contributed by atoms with E-state index in [1.165, 1.54) is 23.2 Å². The van der Waals surface area contributed by atoms with Crippen LogP contribution in [-0.2, 0) is 4.79 Å². The number of hydrogen-bond donors (Lipinski definition) is 1. The topological polar surface area (TPSA) is 76.1 Å². The lowest BCUT2D eigenvalue weighted by atomic mass is 10.0. The molecule has 0 fully saturated rings. The Bertz CT molecular complexity index is 562. The number of ether oxygens (including phenoxy) is 2. The highest BCUT2D eigenvalue weighted by molar-refractivity contribution is 6.23. The number of nitrogens with zero attached hydrogens (tertiary/aromatic N) is 1. The van der Waals surface area contributed by atoms with Gasteiger partial charge in [-0.1, -0.05) is 0 Å². The average Bonchev–Trinajstić information content (AvgIpc) is 2.81. The van der Waals surface area contributed by atoms with Crippen molar-refractivity contribution in [1.29, 1.82) is 0 Å². The van der Waals surface area contributed by atoms with Crippen LogP contribution in [0.15, 0.2) is 30.0 Å². The summed E-state index contributed by atoms with van der Waals surface area (Å²) < 4.78 is 10.3. The second-order valence-corrected chi connectivity index (χ2v) is 4.21. The van der Waals surface area contributed by atoms with E-state index >= 15 is 0 Å². The van der Waals surface area contributed by atoms with Crippen LogP contribution >= 0.6 is 0 Å². The molecule has 1 aromatic carbocycles. The normalized spacial score (nSPS) is 13.3. The van der Waals surface area contributed by atoms with Crippen molar-refractivity contribution < 1.29 is 24.2 Å². The molecule has 0 radical (unpaired) electrons. The number of rotatable bonds is 4. The third kappa shape index (κ3) is 2.67. The summed E-state index contributed by atoms with van der Waals surface area (Å²) in [6, 6.07) is 4.59. The number of carbonyl (C=O) groups is 2. The van der Waals surface area contributed by atoms with Gasteiger partial charge in [0.1, 0.15) is 5.57 Å². The van der Waals surface area contributed by atoms with Crippen molar-refractivity contribution in [1.82, 2.24) is 4.90 Å². The quantitative estimate of drug-likeness (QED) is 0.380. The van der Waals surface area contributed by atoms with Crippen molar-refractivity contribution in [2.24, 2.45) is 0 Å². The Kier molecular flexibility index (Phi) is 3.41. The lowest BCUT2D eigenvalue weighted by Crippen LogP contribution is -2.16. The van der Waals surface area contributed by atoms with E-state index in [0.717, 1.165) is 0 Å². The Morgan fingerprint density at radius 1 is 1.26 bits per heavy atom. The van der Waals surface area contributed by atoms with Crippen LogP contribution in [0.1, 0.15) is 10.4 Å². The first kappa shape index (κ1) is 12.9. The number of carbonyl (C=O) groups excluding carboxylic acids is 1. The number of carboxylic acids is 1. The maximum Gasteiger partial charge on any atom is 0.341 e. The number of Topliss-reactive ketones (excluding diaryl/α,β-unsaturated/α-hetero) is 1. The van der Waals surface area contributed by atoms with E-state index in [4.69, 9.17) is 14.6 Å². The summed E-state index contributed by atoms with van der Waals surface area (Å²) in [5.41, 5.74) is -0.0522. The minimum Gasteiger partial charge on any atom is -0.477 e. The molecular weight excluding hydrogens is 250 g/mol. The molecule has 0 aromatic heterocycles. The van der Waals surface area contributed by atoms with Crippen LogP contribution in [0.4, 0.5) is 0 Å². The molecular formula is C13H13NO5. The molecule has 0 spiro atoms. The first-order valence-corrected chi connectivity index (χ1v) is 5.55. The molecule has 100 valence electrons. The van der Waals surface area contributed by atoms with Crippen LogP contribution < -0.4 is 9.47 Å². The van der Waals surface area contributed by atoms with Gasteiger partial charge in [-0.05, 0) is 18.2 Å². The summed E-state index contributed by atoms with van der Waals surface area (Å²) in [5.74, 6) is -0.846. The highest BCUT2D eigenvalue weighted by Gasteiger charge is 2.22. The fraction of sp³-hybridized carbons (Fsp3) is 0.231. The Labute approximate surface area is 109 Å². The Morgan fingerprint density at radius 2 is 1.95 bits per heavy atom.